The maximum absolute atomic E-state index is 12.5. The predicted octanol–water partition coefficient (Wildman–Crippen LogP) is 2.95. The maximum Gasteiger partial charge on any atom is 0.235 e. The van der Waals surface area contributed by atoms with Crippen molar-refractivity contribution >= 4 is 17.7 Å². The van der Waals surface area contributed by atoms with Gasteiger partial charge < -0.3 is 14.4 Å². The van der Waals surface area contributed by atoms with E-state index in [0.717, 1.165) is 29.9 Å². The van der Waals surface area contributed by atoms with E-state index < -0.39 is 0 Å². The van der Waals surface area contributed by atoms with E-state index in [9.17, 15) is 4.79 Å². The number of ether oxygens (including phenoxy) is 2. The van der Waals surface area contributed by atoms with E-state index in [2.05, 4.69) is 0 Å². The monoisotopic (exact) mass is 309 g/mol. The van der Waals surface area contributed by atoms with Crippen LogP contribution in [0.4, 0.5) is 0 Å². The minimum Gasteiger partial charge on any atom is -0.497 e. The molecule has 1 aliphatic carbocycles. The zero-order chi connectivity index (χ0) is 15.4. The fraction of sp³-hybridized carbons (Fsp3) is 0.562. The number of hydrogen-bond donors (Lipinski definition) is 0. The Labute approximate surface area is 130 Å². The Morgan fingerprint density at radius 2 is 2.10 bits per heavy atom. The molecule has 1 atom stereocenters. The second kappa shape index (κ2) is 7.07. The average Bonchev–Trinajstić information content (AvgIpc) is 3.35. The van der Waals surface area contributed by atoms with Gasteiger partial charge in [-0.25, -0.2) is 0 Å². The van der Waals surface area contributed by atoms with Crippen LogP contribution in [0.2, 0.25) is 0 Å². The summed E-state index contributed by atoms with van der Waals surface area (Å²) < 4.78 is 10.6. The fourth-order valence-electron chi connectivity index (χ4n) is 2.27. The highest BCUT2D eigenvalue weighted by atomic mass is 32.2. The first-order valence-electron chi connectivity index (χ1n) is 7.14. The highest BCUT2D eigenvalue weighted by molar-refractivity contribution is 7.99. The Morgan fingerprint density at radius 3 is 2.62 bits per heavy atom. The SMILES string of the molecule is COc1ccc(CN(C(=O)C(C)SC)C2CC2)c(OC)c1. The molecule has 1 aromatic rings. The van der Waals surface area contributed by atoms with Crippen molar-refractivity contribution < 1.29 is 14.3 Å². The summed E-state index contributed by atoms with van der Waals surface area (Å²) in [4.78, 5) is 14.5. The molecule has 2 rings (SSSR count). The summed E-state index contributed by atoms with van der Waals surface area (Å²) in [5.74, 6) is 1.74. The Bertz CT molecular complexity index is 502. The lowest BCUT2D eigenvalue weighted by molar-refractivity contribution is -0.131. The number of carbonyl (C=O) groups excluding carboxylic acids is 1. The third-order valence-corrected chi connectivity index (χ3v) is 4.72. The maximum atomic E-state index is 12.5. The van der Waals surface area contributed by atoms with Crippen molar-refractivity contribution in [1.29, 1.82) is 0 Å². The molecule has 1 saturated carbocycles. The van der Waals surface area contributed by atoms with Crippen LogP contribution in [0.3, 0.4) is 0 Å². The van der Waals surface area contributed by atoms with Crippen molar-refractivity contribution in [3.8, 4) is 11.5 Å². The van der Waals surface area contributed by atoms with E-state index in [1.807, 2.05) is 36.3 Å². The Morgan fingerprint density at radius 1 is 1.38 bits per heavy atom. The van der Waals surface area contributed by atoms with Gasteiger partial charge in [0.2, 0.25) is 5.91 Å². The highest BCUT2D eigenvalue weighted by Gasteiger charge is 2.34. The molecule has 0 heterocycles. The molecule has 1 unspecified atom stereocenters. The summed E-state index contributed by atoms with van der Waals surface area (Å²) in [5, 5.41) is -0.00477. The smallest absolute Gasteiger partial charge is 0.235 e. The Hall–Kier alpha value is -1.36. The molecule has 0 saturated heterocycles. The lowest BCUT2D eigenvalue weighted by Crippen LogP contribution is -2.37. The van der Waals surface area contributed by atoms with Gasteiger partial charge in [0.1, 0.15) is 11.5 Å². The van der Waals surface area contributed by atoms with Gasteiger partial charge in [-0.2, -0.15) is 11.8 Å². The second-order valence-electron chi connectivity index (χ2n) is 5.25. The van der Waals surface area contributed by atoms with Crippen LogP contribution in [0.25, 0.3) is 0 Å². The Kier molecular flexibility index (Phi) is 5.39. The molecule has 0 N–H and O–H groups in total. The first kappa shape index (κ1) is 16.0. The fourth-order valence-corrected chi connectivity index (χ4v) is 2.61. The number of rotatable bonds is 7. The number of methoxy groups -OCH3 is 2. The molecule has 0 bridgehead atoms. The summed E-state index contributed by atoms with van der Waals surface area (Å²) in [6, 6.07) is 6.14. The van der Waals surface area contributed by atoms with Crippen molar-refractivity contribution in [2.45, 2.75) is 37.6 Å². The summed E-state index contributed by atoms with van der Waals surface area (Å²) in [7, 11) is 3.28. The molecule has 116 valence electrons. The zero-order valence-electron chi connectivity index (χ0n) is 13.1. The highest BCUT2D eigenvalue weighted by Crippen LogP contribution is 2.33. The van der Waals surface area contributed by atoms with E-state index in [0.29, 0.717) is 12.6 Å². The van der Waals surface area contributed by atoms with Gasteiger partial charge >= 0.3 is 0 Å². The quantitative estimate of drug-likeness (QED) is 0.776. The molecule has 5 heteroatoms. The summed E-state index contributed by atoms with van der Waals surface area (Å²) in [5.41, 5.74) is 1.02. The first-order chi connectivity index (χ1) is 10.1. The second-order valence-corrected chi connectivity index (χ2v) is 6.43. The van der Waals surface area contributed by atoms with Crippen LogP contribution in [0, 0.1) is 0 Å². The van der Waals surface area contributed by atoms with Crippen LogP contribution in [0.5, 0.6) is 11.5 Å². The molecule has 0 radical (unpaired) electrons. The number of carbonyl (C=O) groups is 1. The standard InChI is InChI=1S/C16H23NO3S/c1-11(21-4)16(18)17(13-6-7-13)10-12-5-8-14(19-2)9-15(12)20-3/h5,8-9,11,13H,6-7,10H2,1-4H3. The van der Waals surface area contributed by atoms with E-state index >= 15 is 0 Å². The molecule has 0 spiro atoms. The van der Waals surface area contributed by atoms with Crippen molar-refractivity contribution in [3.05, 3.63) is 23.8 Å². The van der Waals surface area contributed by atoms with E-state index in [4.69, 9.17) is 9.47 Å². The predicted molar refractivity (Wildman–Crippen MR) is 86.1 cm³/mol. The topological polar surface area (TPSA) is 38.8 Å². The largest absolute Gasteiger partial charge is 0.497 e. The number of hydrogen-bond acceptors (Lipinski definition) is 4. The summed E-state index contributed by atoms with van der Waals surface area (Å²) in [6.07, 6.45) is 4.18. The van der Waals surface area contributed by atoms with Crippen molar-refractivity contribution in [1.82, 2.24) is 4.90 Å². The van der Waals surface area contributed by atoms with Gasteiger partial charge in [0.05, 0.1) is 19.5 Å². The van der Waals surface area contributed by atoms with Crippen LogP contribution >= 0.6 is 11.8 Å². The van der Waals surface area contributed by atoms with Gasteiger partial charge in [0, 0.05) is 24.2 Å². The first-order valence-corrected chi connectivity index (χ1v) is 8.43. The molecule has 0 aromatic heterocycles. The van der Waals surface area contributed by atoms with Crippen molar-refractivity contribution in [2.24, 2.45) is 0 Å². The van der Waals surface area contributed by atoms with E-state index in [-0.39, 0.29) is 11.2 Å². The van der Waals surface area contributed by atoms with Gasteiger partial charge in [0.25, 0.3) is 0 Å². The van der Waals surface area contributed by atoms with Gasteiger partial charge in [-0.3, -0.25) is 4.79 Å². The van der Waals surface area contributed by atoms with Gasteiger partial charge in [-0.15, -0.1) is 0 Å². The molecule has 1 amide bonds. The number of thioether (sulfide) groups is 1. The average molecular weight is 309 g/mol. The van der Waals surface area contributed by atoms with E-state index in [1.54, 1.807) is 26.0 Å². The number of amides is 1. The van der Waals surface area contributed by atoms with Gasteiger partial charge in [0.15, 0.2) is 0 Å². The van der Waals surface area contributed by atoms with Crippen molar-refractivity contribution in [3.63, 3.8) is 0 Å². The zero-order valence-corrected chi connectivity index (χ0v) is 13.9. The van der Waals surface area contributed by atoms with Gasteiger partial charge in [-0.05, 0) is 38.2 Å². The molecule has 21 heavy (non-hydrogen) atoms. The van der Waals surface area contributed by atoms with Crippen LogP contribution < -0.4 is 9.47 Å². The third kappa shape index (κ3) is 3.84. The van der Waals surface area contributed by atoms with Crippen molar-refractivity contribution in [2.75, 3.05) is 20.5 Å². The minimum atomic E-state index is -0.00477. The molecule has 1 aromatic carbocycles. The van der Waals surface area contributed by atoms with Crippen LogP contribution in [0.15, 0.2) is 18.2 Å². The number of benzene rings is 1. The normalized spacial score (nSPS) is 15.4. The van der Waals surface area contributed by atoms with Crippen LogP contribution in [-0.2, 0) is 11.3 Å². The van der Waals surface area contributed by atoms with Crippen LogP contribution in [0.1, 0.15) is 25.3 Å². The van der Waals surface area contributed by atoms with Gasteiger partial charge in [-0.1, -0.05) is 0 Å². The minimum absolute atomic E-state index is 0.00477. The van der Waals surface area contributed by atoms with Crippen LogP contribution in [-0.4, -0.2) is 42.6 Å². The van der Waals surface area contributed by atoms with E-state index in [1.165, 1.54) is 0 Å². The lowest BCUT2D eigenvalue weighted by atomic mass is 10.1. The Balaban J connectivity index is 2.19. The lowest BCUT2D eigenvalue weighted by Gasteiger charge is -2.26. The molecule has 1 fully saturated rings. The third-order valence-electron chi connectivity index (χ3n) is 3.81. The molecule has 4 nitrogen and oxygen atoms in total. The molecule has 1 aliphatic rings. The molecule has 0 aliphatic heterocycles. The molecular formula is C16H23NO3S. The summed E-state index contributed by atoms with van der Waals surface area (Å²) in [6.45, 7) is 2.56. The molecular weight excluding hydrogens is 286 g/mol. The number of nitrogens with zero attached hydrogens (tertiary/aromatic N) is 1. The summed E-state index contributed by atoms with van der Waals surface area (Å²) >= 11 is 1.59.